The lowest BCUT2D eigenvalue weighted by atomic mass is 9.96. The molecule has 1 atom stereocenters. The van der Waals surface area contributed by atoms with Gasteiger partial charge >= 0.3 is 0 Å². The zero-order valence-corrected chi connectivity index (χ0v) is 13.6. The Morgan fingerprint density at radius 1 is 1.08 bits per heavy atom. The van der Waals surface area contributed by atoms with Crippen LogP contribution in [0.15, 0.2) is 54.6 Å². The van der Waals surface area contributed by atoms with E-state index in [4.69, 9.17) is 0 Å². The third kappa shape index (κ3) is 4.81. The van der Waals surface area contributed by atoms with Gasteiger partial charge in [0, 0.05) is 30.9 Å². The molecule has 1 amide bonds. The van der Waals surface area contributed by atoms with Gasteiger partial charge in [0.1, 0.15) is 0 Å². The second-order valence-corrected chi connectivity index (χ2v) is 5.39. The highest BCUT2D eigenvalue weighted by Crippen LogP contribution is 2.19. The summed E-state index contributed by atoms with van der Waals surface area (Å²) < 4.78 is 0. The molecule has 2 aromatic rings. The minimum absolute atomic E-state index is 0.00852. The van der Waals surface area contributed by atoms with Gasteiger partial charge < -0.3 is 10.6 Å². The molecule has 24 heavy (non-hydrogen) atoms. The summed E-state index contributed by atoms with van der Waals surface area (Å²) in [7, 11) is 0. The van der Waals surface area contributed by atoms with E-state index in [0.29, 0.717) is 13.1 Å². The summed E-state index contributed by atoms with van der Waals surface area (Å²) in [5.74, 6) is -0.139. The number of anilines is 1. The molecule has 0 aliphatic carbocycles. The third-order valence-electron chi connectivity index (χ3n) is 3.76. The van der Waals surface area contributed by atoms with Gasteiger partial charge in [-0.2, -0.15) is 0 Å². The van der Waals surface area contributed by atoms with E-state index < -0.39 is 4.92 Å². The van der Waals surface area contributed by atoms with Crippen molar-refractivity contribution in [2.75, 3.05) is 18.4 Å². The molecule has 0 saturated heterocycles. The highest BCUT2D eigenvalue weighted by molar-refractivity contribution is 5.83. The largest absolute Gasteiger partial charge is 0.383 e. The van der Waals surface area contributed by atoms with Crippen LogP contribution in [0.5, 0.6) is 0 Å². The highest BCUT2D eigenvalue weighted by atomic mass is 16.6. The molecule has 0 saturated carbocycles. The van der Waals surface area contributed by atoms with E-state index >= 15 is 0 Å². The van der Waals surface area contributed by atoms with Crippen LogP contribution in [0.2, 0.25) is 0 Å². The minimum Gasteiger partial charge on any atom is -0.383 e. The van der Waals surface area contributed by atoms with Gasteiger partial charge in [0.15, 0.2) is 0 Å². The van der Waals surface area contributed by atoms with Gasteiger partial charge in [-0.1, -0.05) is 37.3 Å². The van der Waals surface area contributed by atoms with Crippen LogP contribution in [0, 0.1) is 10.1 Å². The van der Waals surface area contributed by atoms with Crippen molar-refractivity contribution >= 4 is 17.3 Å². The first-order chi connectivity index (χ1) is 11.6. The smallest absolute Gasteiger partial charge is 0.269 e. The standard InChI is InChI=1S/C18H21N3O3/c1-2-17(14-6-4-3-5-7-14)18(22)20-13-12-19-15-8-10-16(11-9-15)21(23)24/h3-11,17,19H,2,12-13H2,1H3,(H,20,22). The quantitative estimate of drug-likeness (QED) is 0.442. The summed E-state index contributed by atoms with van der Waals surface area (Å²) in [6.07, 6.45) is 0.742. The fraction of sp³-hybridized carbons (Fsp3) is 0.278. The summed E-state index contributed by atoms with van der Waals surface area (Å²) in [6.45, 7) is 3.03. The number of carbonyl (C=O) groups excluding carboxylic acids is 1. The lowest BCUT2D eigenvalue weighted by molar-refractivity contribution is -0.384. The highest BCUT2D eigenvalue weighted by Gasteiger charge is 2.17. The number of hydrogen-bond acceptors (Lipinski definition) is 4. The van der Waals surface area contributed by atoms with Gasteiger partial charge in [0.25, 0.3) is 5.69 Å². The van der Waals surface area contributed by atoms with Crippen LogP contribution in [0.25, 0.3) is 0 Å². The first-order valence-electron chi connectivity index (χ1n) is 7.92. The number of nitro groups is 1. The monoisotopic (exact) mass is 327 g/mol. The van der Waals surface area contributed by atoms with Crippen molar-refractivity contribution in [3.8, 4) is 0 Å². The Balaban J connectivity index is 1.78. The molecule has 0 fully saturated rings. The Bertz CT molecular complexity index is 672. The molecule has 0 aromatic heterocycles. The molecule has 0 heterocycles. The van der Waals surface area contributed by atoms with Crippen molar-refractivity contribution in [2.45, 2.75) is 19.3 Å². The Kier molecular flexibility index (Phi) is 6.31. The van der Waals surface area contributed by atoms with Crippen molar-refractivity contribution in [1.82, 2.24) is 5.32 Å². The maximum atomic E-state index is 12.3. The molecule has 0 aliphatic rings. The number of benzene rings is 2. The van der Waals surface area contributed by atoms with Crippen molar-refractivity contribution < 1.29 is 9.72 Å². The van der Waals surface area contributed by atoms with E-state index in [1.54, 1.807) is 12.1 Å². The molecule has 0 aliphatic heterocycles. The summed E-state index contributed by atoms with van der Waals surface area (Å²) in [6, 6.07) is 15.9. The molecule has 2 aromatic carbocycles. The van der Waals surface area contributed by atoms with Crippen LogP contribution in [0.4, 0.5) is 11.4 Å². The van der Waals surface area contributed by atoms with E-state index in [0.717, 1.165) is 17.7 Å². The number of nitrogens with zero attached hydrogens (tertiary/aromatic N) is 1. The molecule has 6 heteroatoms. The molecule has 2 rings (SSSR count). The Morgan fingerprint density at radius 3 is 2.33 bits per heavy atom. The topological polar surface area (TPSA) is 84.3 Å². The predicted octanol–water partition coefficient (Wildman–Crippen LogP) is 3.32. The van der Waals surface area contributed by atoms with E-state index in [1.165, 1.54) is 12.1 Å². The normalized spacial score (nSPS) is 11.5. The lowest BCUT2D eigenvalue weighted by Gasteiger charge is -2.15. The number of amides is 1. The number of rotatable bonds is 8. The van der Waals surface area contributed by atoms with Gasteiger partial charge in [0.2, 0.25) is 5.91 Å². The molecule has 0 bridgehead atoms. The van der Waals surface area contributed by atoms with Crippen LogP contribution < -0.4 is 10.6 Å². The maximum absolute atomic E-state index is 12.3. The van der Waals surface area contributed by atoms with Gasteiger partial charge in [-0.15, -0.1) is 0 Å². The first kappa shape index (κ1) is 17.5. The fourth-order valence-corrected chi connectivity index (χ4v) is 2.47. The average molecular weight is 327 g/mol. The molecular formula is C18H21N3O3. The van der Waals surface area contributed by atoms with Crippen LogP contribution in [-0.4, -0.2) is 23.9 Å². The van der Waals surface area contributed by atoms with E-state index in [9.17, 15) is 14.9 Å². The van der Waals surface area contributed by atoms with E-state index in [-0.39, 0.29) is 17.5 Å². The average Bonchev–Trinajstić information content (AvgIpc) is 2.61. The fourth-order valence-electron chi connectivity index (χ4n) is 2.47. The molecule has 6 nitrogen and oxygen atoms in total. The van der Waals surface area contributed by atoms with Crippen molar-refractivity contribution in [1.29, 1.82) is 0 Å². The second-order valence-electron chi connectivity index (χ2n) is 5.39. The number of carbonyl (C=O) groups is 1. The van der Waals surface area contributed by atoms with Gasteiger partial charge in [-0.05, 0) is 24.1 Å². The zero-order chi connectivity index (χ0) is 17.4. The van der Waals surface area contributed by atoms with Gasteiger partial charge in [0.05, 0.1) is 10.8 Å². The maximum Gasteiger partial charge on any atom is 0.269 e. The molecule has 2 N–H and O–H groups in total. The number of hydrogen-bond donors (Lipinski definition) is 2. The number of nitrogens with one attached hydrogen (secondary N) is 2. The minimum atomic E-state index is -0.432. The van der Waals surface area contributed by atoms with E-state index in [1.807, 2.05) is 37.3 Å². The van der Waals surface area contributed by atoms with Crippen LogP contribution in [-0.2, 0) is 4.79 Å². The summed E-state index contributed by atoms with van der Waals surface area (Å²) in [5.41, 5.74) is 1.85. The van der Waals surface area contributed by atoms with Gasteiger partial charge in [-0.3, -0.25) is 14.9 Å². The second kappa shape index (κ2) is 8.67. The molecular weight excluding hydrogens is 306 g/mol. The van der Waals surface area contributed by atoms with Crippen LogP contribution >= 0.6 is 0 Å². The molecule has 126 valence electrons. The van der Waals surface area contributed by atoms with Crippen molar-refractivity contribution in [2.24, 2.45) is 0 Å². The van der Waals surface area contributed by atoms with Crippen LogP contribution in [0.1, 0.15) is 24.8 Å². The van der Waals surface area contributed by atoms with Crippen molar-refractivity contribution in [3.63, 3.8) is 0 Å². The van der Waals surface area contributed by atoms with Crippen LogP contribution in [0.3, 0.4) is 0 Å². The van der Waals surface area contributed by atoms with Crippen molar-refractivity contribution in [3.05, 3.63) is 70.3 Å². The molecule has 0 spiro atoms. The molecule has 1 unspecified atom stereocenters. The Hall–Kier alpha value is -2.89. The number of nitro benzene ring substituents is 1. The third-order valence-corrected chi connectivity index (χ3v) is 3.76. The Labute approximate surface area is 141 Å². The van der Waals surface area contributed by atoms with E-state index in [2.05, 4.69) is 10.6 Å². The summed E-state index contributed by atoms with van der Waals surface area (Å²) in [4.78, 5) is 22.5. The SMILES string of the molecule is CCC(C(=O)NCCNc1ccc([N+](=O)[O-])cc1)c1ccccc1. The first-order valence-corrected chi connectivity index (χ1v) is 7.92. The molecule has 0 radical (unpaired) electrons. The predicted molar refractivity (Wildman–Crippen MR) is 94.1 cm³/mol. The summed E-state index contributed by atoms with van der Waals surface area (Å²) >= 11 is 0. The zero-order valence-electron chi connectivity index (χ0n) is 13.6. The summed E-state index contributed by atoms with van der Waals surface area (Å²) in [5, 5.41) is 16.6. The Morgan fingerprint density at radius 2 is 1.75 bits per heavy atom. The number of non-ortho nitro benzene ring substituents is 1. The van der Waals surface area contributed by atoms with Gasteiger partial charge in [-0.25, -0.2) is 0 Å². The lowest BCUT2D eigenvalue weighted by Crippen LogP contribution is -2.32.